The van der Waals surface area contributed by atoms with Gasteiger partial charge in [-0.15, -0.1) is 0 Å². The van der Waals surface area contributed by atoms with Crippen LogP contribution in [0.2, 0.25) is 0 Å². The van der Waals surface area contributed by atoms with Gasteiger partial charge in [-0.25, -0.2) is 4.98 Å². The van der Waals surface area contributed by atoms with Crippen molar-refractivity contribution in [3.05, 3.63) is 52.1 Å². The zero-order valence-corrected chi connectivity index (χ0v) is 12.2. The molecular weight excluding hydrogens is 353 g/mol. The van der Waals surface area contributed by atoms with Crippen LogP contribution in [0.15, 0.2) is 50.9 Å². The molecule has 0 fully saturated rings. The van der Waals surface area contributed by atoms with Crippen molar-refractivity contribution in [3.8, 4) is 6.07 Å². The summed E-state index contributed by atoms with van der Waals surface area (Å²) in [6.07, 6.45) is -2.98. The van der Waals surface area contributed by atoms with Crippen LogP contribution >= 0.6 is 27.7 Å². The highest BCUT2D eigenvalue weighted by Crippen LogP contribution is 2.36. The van der Waals surface area contributed by atoms with Crippen molar-refractivity contribution in [1.29, 1.82) is 5.26 Å². The zero-order chi connectivity index (χ0) is 14.8. The van der Waals surface area contributed by atoms with Crippen LogP contribution in [-0.4, -0.2) is 4.98 Å². The molecule has 0 saturated heterocycles. The van der Waals surface area contributed by atoms with E-state index in [0.29, 0.717) is 9.92 Å². The van der Waals surface area contributed by atoms with Gasteiger partial charge in [0.1, 0.15) is 5.03 Å². The van der Waals surface area contributed by atoms with Crippen molar-refractivity contribution in [1.82, 2.24) is 4.98 Å². The van der Waals surface area contributed by atoms with E-state index in [0.717, 1.165) is 22.3 Å². The summed E-state index contributed by atoms with van der Waals surface area (Å²) in [6.45, 7) is 0. The Labute approximate surface area is 125 Å². The highest BCUT2D eigenvalue weighted by atomic mass is 79.9. The Morgan fingerprint density at radius 1 is 1.20 bits per heavy atom. The third-order valence-corrected chi connectivity index (χ3v) is 3.75. The topological polar surface area (TPSA) is 36.7 Å². The molecule has 0 amide bonds. The minimum atomic E-state index is -4.55. The van der Waals surface area contributed by atoms with Crippen LogP contribution in [0.3, 0.4) is 0 Å². The molecule has 1 heterocycles. The number of pyridine rings is 1. The van der Waals surface area contributed by atoms with Gasteiger partial charge in [0.05, 0.1) is 17.2 Å². The molecule has 0 aliphatic rings. The Balaban J connectivity index is 2.34. The number of benzene rings is 1. The maximum atomic E-state index is 12.8. The van der Waals surface area contributed by atoms with Crippen LogP contribution in [-0.2, 0) is 6.18 Å². The Kier molecular flexibility index (Phi) is 4.35. The number of alkyl halides is 3. The van der Waals surface area contributed by atoms with E-state index in [1.807, 2.05) is 0 Å². The molecule has 0 aliphatic heterocycles. The highest BCUT2D eigenvalue weighted by Gasteiger charge is 2.33. The number of hydrogen-bond acceptors (Lipinski definition) is 3. The van der Waals surface area contributed by atoms with E-state index in [1.54, 1.807) is 24.4 Å². The summed E-state index contributed by atoms with van der Waals surface area (Å²) in [5.41, 5.74) is -1.31. The Bertz CT molecular complexity index is 663. The summed E-state index contributed by atoms with van der Waals surface area (Å²) in [7, 11) is 0. The quantitative estimate of drug-likeness (QED) is 0.767. The maximum Gasteiger partial charge on any atom is 0.417 e. The Morgan fingerprint density at radius 3 is 2.50 bits per heavy atom. The van der Waals surface area contributed by atoms with Gasteiger partial charge in [-0.3, -0.25) is 0 Å². The van der Waals surface area contributed by atoms with Crippen molar-refractivity contribution >= 4 is 27.7 Å². The van der Waals surface area contributed by atoms with Gasteiger partial charge in [0, 0.05) is 15.6 Å². The predicted molar refractivity (Wildman–Crippen MR) is 72.2 cm³/mol. The van der Waals surface area contributed by atoms with Crippen LogP contribution in [0.4, 0.5) is 13.2 Å². The highest BCUT2D eigenvalue weighted by molar-refractivity contribution is 9.10. The SMILES string of the molecule is N#Cc1ccc(Sc2ccc(Br)cn2)cc1C(F)(F)F. The summed E-state index contributed by atoms with van der Waals surface area (Å²) < 4.78 is 39.3. The molecule has 0 atom stereocenters. The first-order chi connectivity index (χ1) is 9.40. The normalized spacial score (nSPS) is 11.2. The van der Waals surface area contributed by atoms with Crippen LogP contribution < -0.4 is 0 Å². The third-order valence-electron chi connectivity index (χ3n) is 2.34. The van der Waals surface area contributed by atoms with Gasteiger partial charge in [-0.05, 0) is 46.3 Å². The summed E-state index contributed by atoms with van der Waals surface area (Å²) in [5, 5.41) is 9.29. The maximum absolute atomic E-state index is 12.8. The van der Waals surface area contributed by atoms with Gasteiger partial charge < -0.3 is 0 Å². The Hall–Kier alpha value is -1.52. The average molecular weight is 359 g/mol. The summed E-state index contributed by atoms with van der Waals surface area (Å²) in [5.74, 6) is 0. The molecule has 0 aliphatic carbocycles. The van der Waals surface area contributed by atoms with E-state index in [1.165, 1.54) is 12.1 Å². The van der Waals surface area contributed by atoms with Crippen LogP contribution in [0.5, 0.6) is 0 Å². The van der Waals surface area contributed by atoms with Gasteiger partial charge in [-0.1, -0.05) is 11.8 Å². The molecule has 2 rings (SSSR count). The summed E-state index contributed by atoms with van der Waals surface area (Å²) in [6, 6.07) is 8.61. The molecule has 0 bridgehead atoms. The molecule has 20 heavy (non-hydrogen) atoms. The van der Waals surface area contributed by atoms with E-state index in [2.05, 4.69) is 20.9 Å². The lowest BCUT2D eigenvalue weighted by atomic mass is 10.1. The van der Waals surface area contributed by atoms with Crippen molar-refractivity contribution in [3.63, 3.8) is 0 Å². The van der Waals surface area contributed by atoms with Crippen molar-refractivity contribution < 1.29 is 13.2 Å². The van der Waals surface area contributed by atoms with Crippen LogP contribution in [0.25, 0.3) is 0 Å². The van der Waals surface area contributed by atoms with Crippen LogP contribution in [0, 0.1) is 11.3 Å². The molecule has 0 radical (unpaired) electrons. The second-order valence-electron chi connectivity index (χ2n) is 3.73. The smallest absolute Gasteiger partial charge is 0.248 e. The first-order valence-corrected chi connectivity index (χ1v) is 6.92. The molecule has 0 N–H and O–H groups in total. The van der Waals surface area contributed by atoms with Crippen molar-refractivity contribution in [2.24, 2.45) is 0 Å². The van der Waals surface area contributed by atoms with Gasteiger partial charge in [0.25, 0.3) is 0 Å². The van der Waals surface area contributed by atoms with Crippen molar-refractivity contribution in [2.75, 3.05) is 0 Å². The molecule has 2 aromatic rings. The van der Waals surface area contributed by atoms with E-state index < -0.39 is 11.7 Å². The van der Waals surface area contributed by atoms with Gasteiger partial charge in [0.2, 0.25) is 0 Å². The molecule has 1 aromatic heterocycles. The lowest BCUT2D eigenvalue weighted by molar-refractivity contribution is -0.137. The summed E-state index contributed by atoms with van der Waals surface area (Å²) >= 11 is 4.34. The zero-order valence-electron chi connectivity index (χ0n) is 9.78. The number of aromatic nitrogens is 1. The van der Waals surface area contributed by atoms with Gasteiger partial charge in [0.15, 0.2) is 0 Å². The number of hydrogen-bond donors (Lipinski definition) is 0. The number of nitriles is 1. The molecule has 102 valence electrons. The second kappa shape index (κ2) is 5.85. The van der Waals surface area contributed by atoms with E-state index >= 15 is 0 Å². The monoisotopic (exact) mass is 358 g/mol. The van der Waals surface area contributed by atoms with Gasteiger partial charge in [-0.2, -0.15) is 18.4 Å². The number of nitrogens with zero attached hydrogens (tertiary/aromatic N) is 2. The lowest BCUT2D eigenvalue weighted by Crippen LogP contribution is -2.07. The third kappa shape index (κ3) is 3.52. The molecule has 2 nitrogen and oxygen atoms in total. The molecule has 0 spiro atoms. The fourth-order valence-electron chi connectivity index (χ4n) is 1.46. The standard InChI is InChI=1S/C13H6BrF3N2S/c14-9-2-4-12(19-7-9)20-10-3-1-8(6-18)11(5-10)13(15,16)17/h1-5,7H. The van der Waals surface area contributed by atoms with E-state index in [-0.39, 0.29) is 5.56 Å². The lowest BCUT2D eigenvalue weighted by Gasteiger charge is -2.10. The first kappa shape index (κ1) is 14.9. The number of halogens is 4. The number of rotatable bonds is 2. The fourth-order valence-corrected chi connectivity index (χ4v) is 2.49. The van der Waals surface area contributed by atoms with E-state index in [4.69, 9.17) is 5.26 Å². The largest absolute Gasteiger partial charge is 0.417 e. The molecule has 1 aromatic carbocycles. The van der Waals surface area contributed by atoms with Crippen molar-refractivity contribution in [2.45, 2.75) is 16.1 Å². The second-order valence-corrected chi connectivity index (χ2v) is 5.74. The average Bonchev–Trinajstić information content (AvgIpc) is 2.40. The molecule has 0 saturated carbocycles. The van der Waals surface area contributed by atoms with Crippen LogP contribution in [0.1, 0.15) is 11.1 Å². The summed E-state index contributed by atoms with van der Waals surface area (Å²) in [4.78, 5) is 4.46. The van der Waals surface area contributed by atoms with E-state index in [9.17, 15) is 13.2 Å². The Morgan fingerprint density at radius 2 is 1.95 bits per heavy atom. The first-order valence-electron chi connectivity index (χ1n) is 5.31. The molecule has 7 heteroatoms. The predicted octanol–water partition coefficient (Wildman–Crippen LogP) is 4.89. The minimum absolute atomic E-state index is 0.381. The fraction of sp³-hybridized carbons (Fsp3) is 0.0769. The minimum Gasteiger partial charge on any atom is -0.248 e. The van der Waals surface area contributed by atoms with Gasteiger partial charge >= 0.3 is 6.18 Å². The molecular formula is C13H6BrF3N2S. The molecule has 0 unspecified atom stereocenters.